The lowest BCUT2D eigenvalue weighted by Gasteiger charge is -2.21. The highest BCUT2D eigenvalue weighted by atomic mass is 32.2. The van der Waals surface area contributed by atoms with Crippen LogP contribution in [0.3, 0.4) is 0 Å². The van der Waals surface area contributed by atoms with E-state index in [-0.39, 0.29) is 10.9 Å². The van der Waals surface area contributed by atoms with Crippen LogP contribution >= 0.6 is 0 Å². The standard InChI is InChI=1S/C17H25N3O3S/c1-12(2)16(18)9-10-20(4)24(21,22)15-7-5-14(6-8-15)17-11-23-13(3)19-17/h5-8,11-12,16H,9-10,18H2,1-4H3. The molecule has 0 spiro atoms. The van der Waals surface area contributed by atoms with Gasteiger partial charge in [-0.1, -0.05) is 26.0 Å². The average Bonchev–Trinajstić information content (AvgIpc) is 2.98. The predicted molar refractivity (Wildman–Crippen MR) is 93.9 cm³/mol. The summed E-state index contributed by atoms with van der Waals surface area (Å²) in [6, 6.07) is 6.64. The zero-order chi connectivity index (χ0) is 17.9. The number of rotatable bonds is 7. The van der Waals surface area contributed by atoms with E-state index in [0.717, 1.165) is 5.56 Å². The van der Waals surface area contributed by atoms with E-state index in [1.165, 1.54) is 4.31 Å². The molecule has 2 rings (SSSR count). The molecule has 6 nitrogen and oxygen atoms in total. The SMILES string of the molecule is Cc1nc(-c2ccc(S(=O)(=O)N(C)CCC(N)C(C)C)cc2)co1. The summed E-state index contributed by atoms with van der Waals surface area (Å²) in [5.74, 6) is 0.897. The van der Waals surface area contributed by atoms with Crippen LogP contribution in [0.1, 0.15) is 26.2 Å². The highest BCUT2D eigenvalue weighted by Crippen LogP contribution is 2.22. The molecule has 0 fully saturated rings. The molecule has 0 aliphatic heterocycles. The van der Waals surface area contributed by atoms with Gasteiger partial charge in [0.2, 0.25) is 10.0 Å². The molecule has 0 saturated heterocycles. The first-order valence-electron chi connectivity index (χ1n) is 7.96. The Kier molecular flexibility index (Phi) is 5.79. The summed E-state index contributed by atoms with van der Waals surface area (Å²) >= 11 is 0. The fourth-order valence-electron chi connectivity index (χ4n) is 2.26. The zero-order valence-electron chi connectivity index (χ0n) is 14.6. The Balaban J connectivity index is 2.11. The van der Waals surface area contributed by atoms with E-state index in [0.29, 0.717) is 30.5 Å². The molecule has 7 heteroatoms. The number of oxazole rings is 1. The van der Waals surface area contributed by atoms with Crippen LogP contribution in [0.5, 0.6) is 0 Å². The van der Waals surface area contributed by atoms with Gasteiger partial charge in [0.05, 0.1) is 4.90 Å². The minimum absolute atomic E-state index is 0.0135. The van der Waals surface area contributed by atoms with Crippen molar-refractivity contribution in [3.8, 4) is 11.3 Å². The minimum atomic E-state index is -3.52. The van der Waals surface area contributed by atoms with Gasteiger partial charge >= 0.3 is 0 Å². The smallest absolute Gasteiger partial charge is 0.242 e. The third-order valence-electron chi connectivity index (χ3n) is 4.11. The number of aryl methyl sites for hydroxylation is 1. The predicted octanol–water partition coefficient (Wildman–Crippen LogP) is 2.64. The summed E-state index contributed by atoms with van der Waals surface area (Å²) in [4.78, 5) is 4.49. The van der Waals surface area contributed by atoms with Gasteiger partial charge in [-0.15, -0.1) is 0 Å². The lowest BCUT2D eigenvalue weighted by molar-refractivity contribution is 0.397. The molecule has 1 aromatic heterocycles. The van der Waals surface area contributed by atoms with Gasteiger partial charge in [-0.05, 0) is 24.5 Å². The summed E-state index contributed by atoms with van der Waals surface area (Å²) in [5.41, 5.74) is 7.50. The van der Waals surface area contributed by atoms with Gasteiger partial charge in [-0.25, -0.2) is 17.7 Å². The van der Waals surface area contributed by atoms with Crippen LogP contribution in [-0.4, -0.2) is 37.3 Å². The van der Waals surface area contributed by atoms with Crippen LogP contribution in [0.4, 0.5) is 0 Å². The van der Waals surface area contributed by atoms with Crippen molar-refractivity contribution in [3.05, 3.63) is 36.4 Å². The minimum Gasteiger partial charge on any atom is -0.449 e. The quantitative estimate of drug-likeness (QED) is 0.828. The molecular weight excluding hydrogens is 326 g/mol. The zero-order valence-corrected chi connectivity index (χ0v) is 15.4. The Labute approximate surface area is 143 Å². The first kappa shape index (κ1) is 18.6. The maximum Gasteiger partial charge on any atom is 0.242 e. The van der Waals surface area contributed by atoms with Crippen LogP contribution in [0, 0.1) is 12.8 Å². The van der Waals surface area contributed by atoms with Crippen molar-refractivity contribution in [2.45, 2.75) is 38.1 Å². The molecule has 0 aliphatic carbocycles. The molecule has 132 valence electrons. The molecule has 0 bridgehead atoms. The summed E-state index contributed by atoms with van der Waals surface area (Å²) < 4.78 is 31.8. The highest BCUT2D eigenvalue weighted by Gasteiger charge is 2.21. The molecule has 1 aromatic carbocycles. The van der Waals surface area contributed by atoms with Crippen molar-refractivity contribution in [3.63, 3.8) is 0 Å². The van der Waals surface area contributed by atoms with Crippen LogP contribution in [0.25, 0.3) is 11.3 Å². The Morgan fingerprint density at radius 2 is 1.88 bits per heavy atom. The van der Waals surface area contributed by atoms with Crippen LogP contribution < -0.4 is 5.73 Å². The molecule has 0 amide bonds. The number of benzene rings is 1. The Hall–Kier alpha value is -1.70. The van der Waals surface area contributed by atoms with E-state index in [1.54, 1.807) is 44.5 Å². The van der Waals surface area contributed by atoms with Gasteiger partial charge in [0.1, 0.15) is 12.0 Å². The summed E-state index contributed by atoms with van der Waals surface area (Å²) in [6.07, 6.45) is 2.18. The Morgan fingerprint density at radius 1 is 1.25 bits per heavy atom. The average molecular weight is 351 g/mol. The summed E-state index contributed by atoms with van der Waals surface area (Å²) in [6.45, 7) is 6.22. The van der Waals surface area contributed by atoms with Gasteiger partial charge in [0.25, 0.3) is 0 Å². The second-order valence-corrected chi connectivity index (χ2v) is 8.34. The van der Waals surface area contributed by atoms with Crippen LogP contribution in [0.15, 0.2) is 39.8 Å². The number of nitrogens with zero attached hydrogens (tertiary/aromatic N) is 2. The number of hydrogen-bond acceptors (Lipinski definition) is 5. The van der Waals surface area contributed by atoms with Crippen molar-refractivity contribution < 1.29 is 12.8 Å². The largest absolute Gasteiger partial charge is 0.449 e. The molecule has 1 heterocycles. The van der Waals surface area contributed by atoms with E-state index in [9.17, 15) is 8.42 Å². The fourth-order valence-corrected chi connectivity index (χ4v) is 3.44. The first-order valence-corrected chi connectivity index (χ1v) is 9.40. The molecule has 1 unspecified atom stereocenters. The third-order valence-corrected chi connectivity index (χ3v) is 5.98. The summed E-state index contributed by atoms with van der Waals surface area (Å²) in [5, 5.41) is 0. The van der Waals surface area contributed by atoms with Crippen LogP contribution in [-0.2, 0) is 10.0 Å². The lowest BCUT2D eigenvalue weighted by Crippen LogP contribution is -2.34. The molecule has 2 N–H and O–H groups in total. The molecule has 0 aliphatic rings. The monoisotopic (exact) mass is 351 g/mol. The maximum atomic E-state index is 12.6. The van der Waals surface area contributed by atoms with Crippen LogP contribution in [0.2, 0.25) is 0 Å². The molecule has 2 aromatic rings. The molecule has 0 saturated carbocycles. The van der Waals surface area contributed by atoms with Gasteiger partial charge in [-0.3, -0.25) is 0 Å². The van der Waals surface area contributed by atoms with E-state index >= 15 is 0 Å². The molecule has 24 heavy (non-hydrogen) atoms. The van der Waals surface area contributed by atoms with E-state index < -0.39 is 10.0 Å². The van der Waals surface area contributed by atoms with Crippen molar-refractivity contribution >= 4 is 10.0 Å². The lowest BCUT2D eigenvalue weighted by atomic mass is 10.0. The Bertz CT molecular complexity index is 767. The van der Waals surface area contributed by atoms with Crippen molar-refractivity contribution in [2.75, 3.05) is 13.6 Å². The topological polar surface area (TPSA) is 89.4 Å². The van der Waals surface area contributed by atoms with Gasteiger partial charge < -0.3 is 10.2 Å². The Morgan fingerprint density at radius 3 is 2.38 bits per heavy atom. The van der Waals surface area contributed by atoms with Gasteiger partial charge in [0.15, 0.2) is 5.89 Å². The summed E-state index contributed by atoms with van der Waals surface area (Å²) in [7, 11) is -1.94. The number of hydrogen-bond donors (Lipinski definition) is 1. The molecule has 1 atom stereocenters. The number of sulfonamides is 1. The van der Waals surface area contributed by atoms with Crippen molar-refractivity contribution in [1.29, 1.82) is 0 Å². The number of nitrogens with two attached hydrogens (primary N) is 1. The second-order valence-electron chi connectivity index (χ2n) is 6.30. The van der Waals surface area contributed by atoms with E-state index in [4.69, 9.17) is 10.2 Å². The molecule has 0 radical (unpaired) electrons. The number of aromatic nitrogens is 1. The fraction of sp³-hybridized carbons (Fsp3) is 0.471. The third kappa shape index (κ3) is 4.23. The van der Waals surface area contributed by atoms with Gasteiger partial charge in [-0.2, -0.15) is 0 Å². The first-order chi connectivity index (χ1) is 11.2. The van der Waals surface area contributed by atoms with Gasteiger partial charge in [0, 0.05) is 32.1 Å². The normalized spacial score (nSPS) is 13.6. The van der Waals surface area contributed by atoms with Crippen molar-refractivity contribution in [2.24, 2.45) is 11.7 Å². The highest BCUT2D eigenvalue weighted by molar-refractivity contribution is 7.89. The molecular formula is C17H25N3O3S. The van der Waals surface area contributed by atoms with E-state index in [1.807, 2.05) is 13.8 Å². The maximum absolute atomic E-state index is 12.6. The second kappa shape index (κ2) is 7.46. The van der Waals surface area contributed by atoms with Crippen molar-refractivity contribution in [1.82, 2.24) is 9.29 Å². The van der Waals surface area contributed by atoms with E-state index in [2.05, 4.69) is 4.98 Å².